The molecule has 1 aromatic rings. The Hall–Kier alpha value is -2.08. The lowest BCUT2D eigenvalue weighted by molar-refractivity contribution is -0.159. The minimum absolute atomic E-state index is 1.02. The van der Waals surface area contributed by atoms with Crippen molar-refractivity contribution in [2.45, 2.75) is 26.7 Å². The van der Waals surface area contributed by atoms with Crippen molar-refractivity contribution in [2.24, 2.45) is 5.84 Å². The third-order valence-electron chi connectivity index (χ3n) is 2.30. The van der Waals surface area contributed by atoms with Crippen molar-refractivity contribution in [3.63, 3.8) is 0 Å². The van der Waals surface area contributed by atoms with Crippen molar-refractivity contribution in [3.8, 4) is 0 Å². The number of carboxylic acids is 2. The van der Waals surface area contributed by atoms with E-state index in [4.69, 9.17) is 25.6 Å². The summed E-state index contributed by atoms with van der Waals surface area (Å²) in [5, 5.41) is 14.8. The van der Waals surface area contributed by atoms with Crippen LogP contribution in [-0.4, -0.2) is 22.2 Å². The Morgan fingerprint density at radius 1 is 1.17 bits per heavy atom. The van der Waals surface area contributed by atoms with E-state index < -0.39 is 11.9 Å². The highest BCUT2D eigenvalue weighted by molar-refractivity contribution is 6.27. The molecule has 1 aromatic carbocycles. The molecule has 0 aliphatic carbocycles. The number of benzene rings is 1. The quantitative estimate of drug-likeness (QED) is 0.367. The predicted molar refractivity (Wildman–Crippen MR) is 68.3 cm³/mol. The van der Waals surface area contributed by atoms with Crippen molar-refractivity contribution in [2.75, 3.05) is 5.43 Å². The summed E-state index contributed by atoms with van der Waals surface area (Å²) in [4.78, 5) is 18.2. The summed E-state index contributed by atoms with van der Waals surface area (Å²) in [6, 6.07) is 6.40. The molecule has 0 saturated carbocycles. The molecule has 0 atom stereocenters. The van der Waals surface area contributed by atoms with Gasteiger partial charge in [-0.25, -0.2) is 9.59 Å². The van der Waals surface area contributed by atoms with Crippen LogP contribution in [0.15, 0.2) is 18.2 Å². The standard InChI is InChI=1S/C10H16N2.C2H2O4/c1-3-8-5-6-9(4-2)10(7-8)12-11;3-1(4)2(5)6/h5-7,12H,3-4,11H2,1-2H3;(H,3,4)(H,5,6). The van der Waals surface area contributed by atoms with Gasteiger partial charge in [0, 0.05) is 0 Å². The molecule has 6 heteroatoms. The maximum atomic E-state index is 9.10. The number of aliphatic carboxylic acids is 2. The molecule has 0 heterocycles. The predicted octanol–water partition coefficient (Wildman–Crippen LogP) is 1.25. The second-order valence-corrected chi connectivity index (χ2v) is 3.45. The van der Waals surface area contributed by atoms with Gasteiger partial charge in [-0.3, -0.25) is 5.84 Å². The summed E-state index contributed by atoms with van der Waals surface area (Å²) in [5.41, 5.74) is 6.37. The van der Waals surface area contributed by atoms with Crippen LogP contribution in [-0.2, 0) is 22.4 Å². The first-order valence-corrected chi connectivity index (χ1v) is 5.50. The minimum atomic E-state index is -1.82. The van der Waals surface area contributed by atoms with Gasteiger partial charge in [0.05, 0.1) is 5.69 Å². The van der Waals surface area contributed by atoms with E-state index in [9.17, 15) is 0 Å². The Kier molecular flexibility index (Phi) is 7.14. The number of rotatable bonds is 3. The number of hydrazine groups is 1. The fraction of sp³-hybridized carbons (Fsp3) is 0.333. The molecule has 0 aromatic heterocycles. The smallest absolute Gasteiger partial charge is 0.414 e. The van der Waals surface area contributed by atoms with Gasteiger partial charge in [-0.15, -0.1) is 0 Å². The van der Waals surface area contributed by atoms with Crippen LogP contribution in [0.1, 0.15) is 25.0 Å². The molecule has 0 aliphatic rings. The van der Waals surface area contributed by atoms with E-state index in [1.165, 1.54) is 11.1 Å². The second-order valence-electron chi connectivity index (χ2n) is 3.45. The van der Waals surface area contributed by atoms with Gasteiger partial charge in [0.15, 0.2) is 0 Å². The topological polar surface area (TPSA) is 113 Å². The van der Waals surface area contributed by atoms with E-state index in [-0.39, 0.29) is 0 Å². The second kappa shape index (κ2) is 8.08. The molecule has 0 saturated heterocycles. The van der Waals surface area contributed by atoms with Crippen LogP contribution in [0.25, 0.3) is 0 Å². The summed E-state index contributed by atoms with van der Waals surface area (Å²) >= 11 is 0. The van der Waals surface area contributed by atoms with E-state index in [1.807, 2.05) is 0 Å². The summed E-state index contributed by atoms with van der Waals surface area (Å²) in [7, 11) is 0. The zero-order valence-corrected chi connectivity index (χ0v) is 10.4. The Bertz CT molecular complexity index is 407. The van der Waals surface area contributed by atoms with Crippen molar-refractivity contribution in [1.29, 1.82) is 0 Å². The number of anilines is 1. The molecule has 6 nitrogen and oxygen atoms in total. The van der Waals surface area contributed by atoms with E-state index in [1.54, 1.807) is 0 Å². The third-order valence-corrected chi connectivity index (χ3v) is 2.30. The van der Waals surface area contributed by atoms with Gasteiger partial charge in [0.2, 0.25) is 0 Å². The number of hydrogen-bond donors (Lipinski definition) is 4. The van der Waals surface area contributed by atoms with Crippen LogP contribution in [0.5, 0.6) is 0 Å². The Morgan fingerprint density at radius 3 is 2.06 bits per heavy atom. The molecule has 1 rings (SSSR count). The van der Waals surface area contributed by atoms with Crippen LogP contribution in [0.4, 0.5) is 5.69 Å². The van der Waals surface area contributed by atoms with Crippen LogP contribution >= 0.6 is 0 Å². The van der Waals surface area contributed by atoms with Gasteiger partial charge in [0.25, 0.3) is 0 Å². The molecule has 0 amide bonds. The average molecular weight is 254 g/mol. The summed E-state index contributed by atoms with van der Waals surface area (Å²) < 4.78 is 0. The van der Waals surface area contributed by atoms with Gasteiger partial charge >= 0.3 is 11.9 Å². The molecule has 100 valence electrons. The number of nitrogens with one attached hydrogen (secondary N) is 1. The first kappa shape index (κ1) is 15.9. The van der Waals surface area contributed by atoms with Crippen LogP contribution < -0.4 is 11.3 Å². The molecule has 0 fully saturated rings. The summed E-state index contributed by atoms with van der Waals surface area (Å²) in [6.07, 6.45) is 2.07. The Labute approximate surface area is 105 Å². The molecular formula is C12H18N2O4. The molecule has 18 heavy (non-hydrogen) atoms. The number of carbonyl (C=O) groups is 2. The molecule has 0 spiro atoms. The molecule has 0 unspecified atom stereocenters. The maximum absolute atomic E-state index is 9.10. The molecule has 0 bridgehead atoms. The molecule has 0 radical (unpaired) electrons. The van der Waals surface area contributed by atoms with Gasteiger partial charge in [-0.1, -0.05) is 26.0 Å². The van der Waals surface area contributed by atoms with Gasteiger partial charge < -0.3 is 15.6 Å². The highest BCUT2D eigenvalue weighted by atomic mass is 16.4. The summed E-state index contributed by atoms with van der Waals surface area (Å²) in [6.45, 7) is 4.27. The lowest BCUT2D eigenvalue weighted by Gasteiger charge is -2.08. The largest absolute Gasteiger partial charge is 0.473 e. The monoisotopic (exact) mass is 254 g/mol. The highest BCUT2D eigenvalue weighted by Crippen LogP contribution is 2.17. The zero-order valence-electron chi connectivity index (χ0n) is 10.4. The van der Waals surface area contributed by atoms with Crippen molar-refractivity contribution in [3.05, 3.63) is 29.3 Å². The van der Waals surface area contributed by atoms with E-state index in [0.717, 1.165) is 18.5 Å². The van der Waals surface area contributed by atoms with Gasteiger partial charge in [-0.2, -0.15) is 0 Å². The number of nitrogen functional groups attached to an aromatic ring is 1. The number of hydrogen-bond acceptors (Lipinski definition) is 4. The lowest BCUT2D eigenvalue weighted by atomic mass is 10.1. The summed E-state index contributed by atoms with van der Waals surface area (Å²) in [5.74, 6) is 1.75. The minimum Gasteiger partial charge on any atom is -0.473 e. The Balaban J connectivity index is 0.000000411. The molecular weight excluding hydrogens is 236 g/mol. The fourth-order valence-electron chi connectivity index (χ4n) is 1.29. The molecule has 0 aliphatic heterocycles. The van der Waals surface area contributed by atoms with Gasteiger partial charge in [-0.05, 0) is 30.0 Å². The number of nitrogens with two attached hydrogens (primary N) is 1. The normalized spacial score (nSPS) is 9.06. The molecule has 5 N–H and O–H groups in total. The average Bonchev–Trinajstić information content (AvgIpc) is 2.38. The van der Waals surface area contributed by atoms with E-state index in [0.29, 0.717) is 0 Å². The first-order valence-electron chi connectivity index (χ1n) is 5.50. The Morgan fingerprint density at radius 2 is 1.72 bits per heavy atom. The third kappa shape index (κ3) is 5.31. The van der Waals surface area contributed by atoms with Crippen molar-refractivity contribution in [1.82, 2.24) is 0 Å². The van der Waals surface area contributed by atoms with E-state index in [2.05, 4.69) is 37.5 Å². The lowest BCUT2D eigenvalue weighted by Crippen LogP contribution is -2.09. The van der Waals surface area contributed by atoms with Crippen molar-refractivity contribution < 1.29 is 19.8 Å². The van der Waals surface area contributed by atoms with Crippen molar-refractivity contribution >= 4 is 17.6 Å². The van der Waals surface area contributed by atoms with Gasteiger partial charge in [0.1, 0.15) is 0 Å². The van der Waals surface area contributed by atoms with E-state index >= 15 is 0 Å². The SMILES string of the molecule is CCc1ccc(CC)c(NN)c1.O=C(O)C(=O)O. The number of aryl methyl sites for hydroxylation is 2. The maximum Gasteiger partial charge on any atom is 0.414 e. The van der Waals surface area contributed by atoms with Crippen LogP contribution in [0, 0.1) is 0 Å². The van der Waals surface area contributed by atoms with Crippen LogP contribution in [0.3, 0.4) is 0 Å². The fourth-order valence-corrected chi connectivity index (χ4v) is 1.29. The number of carboxylic acid groups (broad SMARTS) is 2. The van der Waals surface area contributed by atoms with Crippen LogP contribution in [0.2, 0.25) is 0 Å². The highest BCUT2D eigenvalue weighted by Gasteiger charge is 2.04. The zero-order chi connectivity index (χ0) is 14.1. The first-order chi connectivity index (χ1) is 8.46.